The molecule has 2 atom stereocenters. The Morgan fingerprint density at radius 3 is 2.62 bits per heavy atom. The minimum absolute atomic E-state index is 0.698. The highest BCUT2D eigenvalue weighted by molar-refractivity contribution is 5.29. The molecule has 1 saturated heterocycles. The first-order valence-corrected chi connectivity index (χ1v) is 5.23. The molecule has 0 aromatic carbocycles. The molecule has 70 valence electrons. The van der Waals surface area contributed by atoms with Crippen LogP contribution in [0, 0.1) is 16.7 Å². The standard InChI is InChI=1S/C10H14N2O/c13-11-12-6-5-7-3-4-9(7)10(12)8-1-2-8/h7,9H,1-6H2. The van der Waals surface area contributed by atoms with Gasteiger partial charge in [-0.2, -0.15) is 0 Å². The summed E-state index contributed by atoms with van der Waals surface area (Å²) >= 11 is 0. The third kappa shape index (κ3) is 1.02. The summed E-state index contributed by atoms with van der Waals surface area (Å²) in [6.45, 7) is 0.865. The molecule has 3 fully saturated rings. The van der Waals surface area contributed by atoms with Crippen LogP contribution < -0.4 is 0 Å². The largest absolute Gasteiger partial charge is 0.233 e. The summed E-state index contributed by atoms with van der Waals surface area (Å²) in [7, 11) is 0. The van der Waals surface area contributed by atoms with E-state index in [-0.39, 0.29) is 0 Å². The van der Waals surface area contributed by atoms with Gasteiger partial charge in [-0.25, -0.2) is 5.01 Å². The Morgan fingerprint density at radius 2 is 2.08 bits per heavy atom. The van der Waals surface area contributed by atoms with Crippen LogP contribution in [0.2, 0.25) is 0 Å². The van der Waals surface area contributed by atoms with Gasteiger partial charge >= 0.3 is 0 Å². The molecule has 0 spiro atoms. The molecule has 3 nitrogen and oxygen atoms in total. The normalized spacial score (nSPS) is 36.8. The van der Waals surface area contributed by atoms with Crippen molar-refractivity contribution >= 4 is 0 Å². The van der Waals surface area contributed by atoms with E-state index in [1.807, 2.05) is 0 Å². The molecule has 3 aliphatic rings. The van der Waals surface area contributed by atoms with Gasteiger partial charge in [-0.3, -0.25) is 0 Å². The quantitative estimate of drug-likeness (QED) is 0.578. The molecule has 0 aromatic heterocycles. The van der Waals surface area contributed by atoms with Crippen molar-refractivity contribution in [2.24, 2.45) is 17.1 Å². The van der Waals surface area contributed by atoms with Gasteiger partial charge in [-0.1, -0.05) is 0 Å². The van der Waals surface area contributed by atoms with Crippen molar-refractivity contribution in [1.82, 2.24) is 5.01 Å². The van der Waals surface area contributed by atoms with E-state index in [0.29, 0.717) is 5.92 Å². The highest BCUT2D eigenvalue weighted by Crippen LogP contribution is 2.50. The van der Waals surface area contributed by atoms with Crippen LogP contribution in [0.15, 0.2) is 16.6 Å². The van der Waals surface area contributed by atoms with E-state index in [4.69, 9.17) is 0 Å². The van der Waals surface area contributed by atoms with Gasteiger partial charge in [0.1, 0.15) is 0 Å². The van der Waals surface area contributed by atoms with Gasteiger partial charge in [0.2, 0.25) is 0 Å². The van der Waals surface area contributed by atoms with E-state index >= 15 is 0 Å². The van der Waals surface area contributed by atoms with Gasteiger partial charge in [0.05, 0.1) is 5.29 Å². The Kier molecular flexibility index (Phi) is 1.49. The number of rotatable bonds is 1. The molecule has 2 unspecified atom stereocenters. The van der Waals surface area contributed by atoms with Gasteiger partial charge in [-0.15, -0.1) is 4.91 Å². The zero-order valence-electron chi connectivity index (χ0n) is 7.70. The Hall–Kier alpha value is -0.860. The lowest BCUT2D eigenvalue weighted by atomic mass is 9.68. The lowest BCUT2D eigenvalue weighted by Gasteiger charge is -2.45. The maximum Gasteiger partial charge on any atom is 0.0571 e. The average Bonchev–Trinajstić information content (AvgIpc) is 2.89. The zero-order valence-corrected chi connectivity index (χ0v) is 7.70. The number of hydrogen-bond acceptors (Lipinski definition) is 2. The first-order chi connectivity index (χ1) is 6.40. The first-order valence-electron chi connectivity index (χ1n) is 5.23. The SMILES string of the molecule is O=NN1CCC2CCC2C1=C1CC1. The Labute approximate surface area is 77.7 Å². The summed E-state index contributed by atoms with van der Waals surface area (Å²) in [4.78, 5) is 10.6. The predicted octanol–water partition coefficient (Wildman–Crippen LogP) is 2.45. The fraction of sp³-hybridized carbons (Fsp3) is 0.800. The second kappa shape index (κ2) is 2.56. The Balaban J connectivity index is 1.92. The molecular weight excluding hydrogens is 164 g/mol. The molecule has 1 heterocycles. The first kappa shape index (κ1) is 7.54. The third-order valence-corrected chi connectivity index (χ3v) is 3.72. The fourth-order valence-corrected chi connectivity index (χ4v) is 2.72. The smallest absolute Gasteiger partial charge is 0.0571 e. The molecule has 0 bridgehead atoms. The third-order valence-electron chi connectivity index (χ3n) is 3.72. The lowest BCUT2D eigenvalue weighted by Crippen LogP contribution is -2.41. The molecule has 3 rings (SSSR count). The molecule has 0 radical (unpaired) electrons. The van der Waals surface area contributed by atoms with Crippen molar-refractivity contribution < 1.29 is 0 Å². The number of hydrogen-bond donors (Lipinski definition) is 0. The van der Waals surface area contributed by atoms with E-state index in [0.717, 1.165) is 12.5 Å². The zero-order chi connectivity index (χ0) is 8.84. The minimum Gasteiger partial charge on any atom is -0.233 e. The van der Waals surface area contributed by atoms with Crippen molar-refractivity contribution in [2.75, 3.05) is 6.54 Å². The molecule has 0 amide bonds. The van der Waals surface area contributed by atoms with Crippen LogP contribution >= 0.6 is 0 Å². The summed E-state index contributed by atoms with van der Waals surface area (Å²) in [5, 5.41) is 4.86. The van der Waals surface area contributed by atoms with Crippen molar-refractivity contribution in [3.05, 3.63) is 16.2 Å². The van der Waals surface area contributed by atoms with E-state index < -0.39 is 0 Å². The van der Waals surface area contributed by atoms with Gasteiger partial charge in [0.15, 0.2) is 0 Å². The molecule has 2 saturated carbocycles. The number of fused-ring (bicyclic) bond motifs is 1. The van der Waals surface area contributed by atoms with Crippen molar-refractivity contribution in [1.29, 1.82) is 0 Å². The van der Waals surface area contributed by atoms with Crippen LogP contribution in [0.25, 0.3) is 0 Å². The number of nitrogens with zero attached hydrogens (tertiary/aromatic N) is 2. The second-order valence-corrected chi connectivity index (χ2v) is 4.43. The van der Waals surface area contributed by atoms with E-state index in [9.17, 15) is 4.91 Å². The summed E-state index contributed by atoms with van der Waals surface area (Å²) in [5.41, 5.74) is 2.83. The number of nitroso groups, excluding NO2 is 1. The molecular formula is C10H14N2O. The average molecular weight is 178 g/mol. The maximum atomic E-state index is 10.6. The highest BCUT2D eigenvalue weighted by atomic mass is 16.3. The van der Waals surface area contributed by atoms with E-state index in [1.165, 1.54) is 43.4 Å². The monoisotopic (exact) mass is 178 g/mol. The number of allylic oxidation sites excluding steroid dienone is 2. The minimum atomic E-state index is 0.698. The second-order valence-electron chi connectivity index (χ2n) is 4.43. The van der Waals surface area contributed by atoms with Gasteiger partial charge < -0.3 is 0 Å². The van der Waals surface area contributed by atoms with Crippen LogP contribution in [0.1, 0.15) is 32.1 Å². The molecule has 2 aliphatic carbocycles. The summed E-state index contributed by atoms with van der Waals surface area (Å²) in [5.74, 6) is 1.57. The van der Waals surface area contributed by atoms with Crippen molar-refractivity contribution in [3.63, 3.8) is 0 Å². The van der Waals surface area contributed by atoms with Crippen LogP contribution in [0.3, 0.4) is 0 Å². The summed E-state index contributed by atoms with van der Waals surface area (Å²) in [6.07, 6.45) is 6.26. The topological polar surface area (TPSA) is 32.7 Å². The van der Waals surface area contributed by atoms with Crippen molar-refractivity contribution in [2.45, 2.75) is 32.1 Å². The maximum absolute atomic E-state index is 10.6. The fourth-order valence-electron chi connectivity index (χ4n) is 2.72. The van der Waals surface area contributed by atoms with Gasteiger partial charge in [0.25, 0.3) is 0 Å². The van der Waals surface area contributed by atoms with Crippen LogP contribution in [-0.2, 0) is 0 Å². The molecule has 13 heavy (non-hydrogen) atoms. The van der Waals surface area contributed by atoms with E-state index in [2.05, 4.69) is 5.29 Å². The van der Waals surface area contributed by atoms with Gasteiger partial charge in [0, 0.05) is 18.2 Å². The lowest BCUT2D eigenvalue weighted by molar-refractivity contribution is 0.0954. The highest BCUT2D eigenvalue weighted by Gasteiger charge is 2.42. The van der Waals surface area contributed by atoms with Crippen molar-refractivity contribution in [3.8, 4) is 0 Å². The predicted molar refractivity (Wildman–Crippen MR) is 49.6 cm³/mol. The molecule has 1 aliphatic heterocycles. The van der Waals surface area contributed by atoms with Crippen LogP contribution in [0.4, 0.5) is 0 Å². The summed E-state index contributed by atoms with van der Waals surface area (Å²) < 4.78 is 0. The van der Waals surface area contributed by atoms with E-state index in [1.54, 1.807) is 5.01 Å². The molecule has 0 N–H and O–H groups in total. The Bertz CT molecular complexity index is 279. The summed E-state index contributed by atoms with van der Waals surface area (Å²) in [6, 6.07) is 0. The van der Waals surface area contributed by atoms with Crippen LogP contribution in [-0.4, -0.2) is 11.6 Å². The number of piperidine rings is 1. The van der Waals surface area contributed by atoms with Gasteiger partial charge in [-0.05, 0) is 43.6 Å². The Morgan fingerprint density at radius 1 is 1.23 bits per heavy atom. The van der Waals surface area contributed by atoms with Crippen LogP contribution in [0.5, 0.6) is 0 Å². The molecule has 3 heteroatoms. The molecule has 0 aromatic rings.